The lowest BCUT2D eigenvalue weighted by Crippen LogP contribution is -2.10. The molecule has 0 unspecified atom stereocenters. The van der Waals surface area contributed by atoms with Gasteiger partial charge in [0, 0.05) is 18.3 Å². The van der Waals surface area contributed by atoms with E-state index in [4.69, 9.17) is 15.0 Å². The van der Waals surface area contributed by atoms with Gasteiger partial charge in [0.2, 0.25) is 5.95 Å². The summed E-state index contributed by atoms with van der Waals surface area (Å²) in [5.74, 6) is 2.06. The minimum atomic E-state index is -0.653. The molecule has 1 amide bonds. The van der Waals surface area contributed by atoms with E-state index in [1.54, 1.807) is 12.3 Å². The van der Waals surface area contributed by atoms with E-state index < -0.39 is 5.91 Å². The monoisotopic (exact) mass is 406 g/mol. The Hall–Kier alpha value is -4.41. The Balaban J connectivity index is 1.32. The van der Waals surface area contributed by atoms with Gasteiger partial charge >= 0.3 is 0 Å². The molecule has 0 saturated heterocycles. The van der Waals surface area contributed by atoms with Crippen LogP contribution in [0.1, 0.15) is 21.9 Å². The topological polar surface area (TPSA) is 157 Å². The van der Waals surface area contributed by atoms with Gasteiger partial charge in [-0.15, -0.1) is 0 Å². The number of nitrogens with two attached hydrogens (primary N) is 1. The molecule has 1 aromatic carbocycles. The fourth-order valence-electron chi connectivity index (χ4n) is 2.50. The molecule has 11 nitrogen and oxygen atoms in total. The number of anilines is 3. The van der Waals surface area contributed by atoms with E-state index in [2.05, 4.69) is 36.0 Å². The molecule has 0 saturated carbocycles. The minimum Gasteiger partial charge on any atom is -0.487 e. The zero-order valence-corrected chi connectivity index (χ0v) is 15.7. The molecule has 5 N–H and O–H groups in total. The van der Waals surface area contributed by atoms with Crippen LogP contribution in [0.25, 0.3) is 0 Å². The molecule has 0 aliphatic rings. The summed E-state index contributed by atoms with van der Waals surface area (Å²) in [7, 11) is 0. The molecule has 0 spiro atoms. The van der Waals surface area contributed by atoms with Gasteiger partial charge in [-0.05, 0) is 18.2 Å². The normalized spacial score (nSPS) is 10.5. The highest BCUT2D eigenvalue weighted by Gasteiger charge is 2.09. The Morgan fingerprint density at radius 3 is 2.83 bits per heavy atom. The number of amides is 1. The van der Waals surface area contributed by atoms with Gasteiger partial charge < -0.3 is 25.6 Å². The summed E-state index contributed by atoms with van der Waals surface area (Å²) in [4.78, 5) is 19.5. The first-order chi connectivity index (χ1) is 14.7. The van der Waals surface area contributed by atoms with Crippen LogP contribution in [0.15, 0.2) is 59.3 Å². The van der Waals surface area contributed by atoms with Crippen LogP contribution >= 0.6 is 0 Å². The van der Waals surface area contributed by atoms with Crippen LogP contribution in [0, 0.1) is 0 Å². The molecule has 11 heteroatoms. The predicted octanol–water partition coefficient (Wildman–Crippen LogP) is 2.22. The number of hydrogen-bond acceptors (Lipinski definition) is 9. The number of benzene rings is 1. The summed E-state index contributed by atoms with van der Waals surface area (Å²) in [6, 6.07) is 14.5. The zero-order valence-electron chi connectivity index (χ0n) is 15.7. The molecule has 0 aliphatic carbocycles. The molecule has 30 heavy (non-hydrogen) atoms. The number of primary amides is 1. The lowest BCUT2D eigenvalue weighted by Gasteiger charge is -2.05. The second kappa shape index (κ2) is 8.73. The number of H-pyrrole nitrogens is 1. The third-order valence-corrected chi connectivity index (χ3v) is 3.91. The van der Waals surface area contributed by atoms with Gasteiger partial charge in [-0.2, -0.15) is 10.1 Å². The molecule has 4 rings (SSSR count). The number of ether oxygens (including phenoxy) is 1. The van der Waals surface area contributed by atoms with Crippen molar-refractivity contribution in [3.05, 3.63) is 71.9 Å². The number of carbonyl (C=O) groups excluding carboxylic acids is 1. The third kappa shape index (κ3) is 4.90. The van der Waals surface area contributed by atoms with E-state index in [0.29, 0.717) is 30.0 Å². The fourth-order valence-corrected chi connectivity index (χ4v) is 2.50. The van der Waals surface area contributed by atoms with E-state index in [1.807, 2.05) is 36.4 Å². The molecule has 4 aromatic rings. The number of nitrogens with one attached hydrogen (secondary N) is 3. The van der Waals surface area contributed by atoms with E-state index in [1.165, 1.54) is 6.07 Å². The first-order valence-electron chi connectivity index (χ1n) is 8.97. The summed E-state index contributed by atoms with van der Waals surface area (Å²) >= 11 is 0. The molecule has 0 fully saturated rings. The number of aromatic nitrogens is 5. The predicted molar refractivity (Wildman–Crippen MR) is 107 cm³/mol. The highest BCUT2D eigenvalue weighted by atomic mass is 16.5. The van der Waals surface area contributed by atoms with Crippen LogP contribution in [-0.2, 0) is 13.2 Å². The largest absolute Gasteiger partial charge is 0.487 e. The highest BCUT2D eigenvalue weighted by molar-refractivity contribution is 5.90. The average Bonchev–Trinajstić information content (AvgIpc) is 3.42. The Morgan fingerprint density at radius 1 is 1.17 bits per heavy atom. The lowest BCUT2D eigenvalue weighted by molar-refractivity contribution is 0.0991. The smallest absolute Gasteiger partial charge is 0.270 e. The van der Waals surface area contributed by atoms with E-state index in [9.17, 15) is 4.79 Å². The van der Waals surface area contributed by atoms with Gasteiger partial charge in [-0.3, -0.25) is 9.89 Å². The van der Waals surface area contributed by atoms with Crippen molar-refractivity contribution in [1.82, 2.24) is 25.3 Å². The number of hydrogen-bond donors (Lipinski definition) is 4. The molecular formula is C19H18N8O3. The quantitative estimate of drug-likeness (QED) is 0.327. The lowest BCUT2D eigenvalue weighted by atomic mass is 10.3. The Morgan fingerprint density at radius 2 is 2.03 bits per heavy atom. The van der Waals surface area contributed by atoms with Gasteiger partial charge in [0.05, 0.1) is 12.2 Å². The molecule has 152 valence electrons. The standard InChI is InChI=1S/C19H18N8O3/c20-18(28)15-9-14(30-27-15)10-22-19-21-7-6-16(24-19)23-17-8-12(25-26-17)11-29-13-4-2-1-3-5-13/h1-9H,10-11H2,(H2,20,28)(H3,21,22,23,24,25,26). The summed E-state index contributed by atoms with van der Waals surface area (Å²) in [6.07, 6.45) is 1.60. The van der Waals surface area contributed by atoms with Crippen molar-refractivity contribution in [2.24, 2.45) is 5.73 Å². The van der Waals surface area contributed by atoms with Crippen LogP contribution in [0.5, 0.6) is 5.75 Å². The van der Waals surface area contributed by atoms with Crippen molar-refractivity contribution in [1.29, 1.82) is 0 Å². The summed E-state index contributed by atoms with van der Waals surface area (Å²) in [5, 5.41) is 16.8. The fraction of sp³-hybridized carbons (Fsp3) is 0.105. The molecule has 3 heterocycles. The van der Waals surface area contributed by atoms with Crippen molar-refractivity contribution in [3.8, 4) is 5.75 Å². The van der Waals surface area contributed by atoms with Crippen molar-refractivity contribution < 1.29 is 14.1 Å². The van der Waals surface area contributed by atoms with Crippen molar-refractivity contribution in [2.75, 3.05) is 10.6 Å². The molecule has 0 aliphatic heterocycles. The molecule has 0 bridgehead atoms. The first-order valence-corrected chi connectivity index (χ1v) is 8.97. The van der Waals surface area contributed by atoms with Crippen LogP contribution in [-0.4, -0.2) is 31.2 Å². The van der Waals surface area contributed by atoms with Gasteiger partial charge in [-0.1, -0.05) is 23.4 Å². The molecule has 0 atom stereocenters. The maximum absolute atomic E-state index is 11.1. The molecular weight excluding hydrogens is 388 g/mol. The Bertz CT molecular complexity index is 1130. The molecule has 0 radical (unpaired) electrons. The van der Waals surface area contributed by atoms with E-state index >= 15 is 0 Å². The second-order valence-corrected chi connectivity index (χ2v) is 6.17. The van der Waals surface area contributed by atoms with Crippen LogP contribution in [0.2, 0.25) is 0 Å². The van der Waals surface area contributed by atoms with Crippen LogP contribution < -0.4 is 21.1 Å². The minimum absolute atomic E-state index is 0.0636. The molecule has 3 aromatic heterocycles. The van der Waals surface area contributed by atoms with Crippen LogP contribution in [0.4, 0.5) is 17.6 Å². The average molecular weight is 406 g/mol. The van der Waals surface area contributed by atoms with Crippen LogP contribution in [0.3, 0.4) is 0 Å². The number of carbonyl (C=O) groups is 1. The summed E-state index contributed by atoms with van der Waals surface area (Å²) in [6.45, 7) is 0.604. The number of rotatable bonds is 9. The summed E-state index contributed by atoms with van der Waals surface area (Å²) < 4.78 is 10.7. The Kier molecular flexibility index (Phi) is 5.51. The summed E-state index contributed by atoms with van der Waals surface area (Å²) in [5.41, 5.74) is 6.02. The number of aromatic amines is 1. The number of para-hydroxylation sites is 1. The van der Waals surface area contributed by atoms with Gasteiger partial charge in [0.15, 0.2) is 17.3 Å². The highest BCUT2D eigenvalue weighted by Crippen LogP contribution is 2.16. The third-order valence-electron chi connectivity index (χ3n) is 3.91. The van der Waals surface area contributed by atoms with Gasteiger partial charge in [0.1, 0.15) is 18.2 Å². The van der Waals surface area contributed by atoms with E-state index in [0.717, 1.165) is 11.4 Å². The van der Waals surface area contributed by atoms with E-state index in [-0.39, 0.29) is 12.2 Å². The van der Waals surface area contributed by atoms with Crippen molar-refractivity contribution in [2.45, 2.75) is 13.2 Å². The van der Waals surface area contributed by atoms with Crippen molar-refractivity contribution in [3.63, 3.8) is 0 Å². The second-order valence-electron chi connectivity index (χ2n) is 6.17. The number of nitrogens with zero attached hydrogens (tertiary/aromatic N) is 4. The van der Waals surface area contributed by atoms with Crippen molar-refractivity contribution >= 4 is 23.5 Å². The zero-order chi connectivity index (χ0) is 20.8. The maximum atomic E-state index is 11.1. The Labute approximate surface area is 170 Å². The SMILES string of the molecule is NC(=O)c1cc(CNc2nccc(Nc3cc(COc4ccccc4)[nH]n3)n2)on1. The first kappa shape index (κ1) is 18.9. The van der Waals surface area contributed by atoms with Gasteiger partial charge in [0.25, 0.3) is 5.91 Å². The van der Waals surface area contributed by atoms with Gasteiger partial charge in [-0.25, -0.2) is 4.98 Å². The maximum Gasteiger partial charge on any atom is 0.270 e.